The normalized spacial score (nSPS) is 10.2. The van der Waals surface area contributed by atoms with Gasteiger partial charge in [-0.25, -0.2) is 4.98 Å². The zero-order valence-corrected chi connectivity index (χ0v) is 12.8. The van der Waals surface area contributed by atoms with Crippen LogP contribution in [0.4, 0.5) is 10.8 Å². The molecule has 1 aromatic heterocycles. The second kappa shape index (κ2) is 7.61. The number of carbonyl (C=O) groups excluding carboxylic acids is 1. The van der Waals surface area contributed by atoms with Crippen molar-refractivity contribution in [3.8, 4) is 5.75 Å². The van der Waals surface area contributed by atoms with Crippen LogP contribution < -0.4 is 20.7 Å². The molecule has 0 fully saturated rings. The van der Waals surface area contributed by atoms with E-state index >= 15 is 0 Å². The molecular weight excluding hydrogens is 288 g/mol. The number of anilines is 2. The fraction of sp³-hybridized carbons (Fsp3) is 0.286. The second-order valence-corrected chi connectivity index (χ2v) is 5.13. The molecule has 21 heavy (non-hydrogen) atoms. The van der Waals surface area contributed by atoms with E-state index in [1.807, 2.05) is 29.6 Å². The summed E-state index contributed by atoms with van der Waals surface area (Å²) >= 11 is 1.52. The Morgan fingerprint density at radius 3 is 2.76 bits per heavy atom. The number of aromatic nitrogens is 1. The Morgan fingerprint density at radius 1 is 1.33 bits per heavy atom. The molecule has 0 saturated heterocycles. The van der Waals surface area contributed by atoms with Gasteiger partial charge in [0.1, 0.15) is 5.75 Å². The Kier molecular flexibility index (Phi) is 5.53. The van der Waals surface area contributed by atoms with Gasteiger partial charge in [0.25, 0.3) is 0 Å². The maximum Gasteiger partial charge on any atom is 0.233 e. The van der Waals surface area contributed by atoms with E-state index in [9.17, 15) is 4.79 Å². The van der Waals surface area contributed by atoms with Crippen LogP contribution >= 0.6 is 11.3 Å². The van der Waals surface area contributed by atoms with Crippen molar-refractivity contribution in [1.29, 1.82) is 0 Å². The van der Waals surface area contributed by atoms with Crippen LogP contribution in [0.5, 0.6) is 5.75 Å². The highest BCUT2D eigenvalue weighted by molar-refractivity contribution is 7.13. The fourth-order valence-electron chi connectivity index (χ4n) is 1.64. The molecule has 0 radical (unpaired) electrons. The molecule has 7 heteroatoms. The molecule has 1 heterocycles. The van der Waals surface area contributed by atoms with Crippen LogP contribution in [-0.2, 0) is 11.3 Å². The van der Waals surface area contributed by atoms with E-state index in [0.29, 0.717) is 6.54 Å². The number of benzene rings is 1. The van der Waals surface area contributed by atoms with Gasteiger partial charge in [-0.05, 0) is 24.3 Å². The molecule has 2 rings (SSSR count). The summed E-state index contributed by atoms with van der Waals surface area (Å²) in [5, 5.41) is 11.6. The number of thiazole rings is 1. The molecule has 1 amide bonds. The van der Waals surface area contributed by atoms with Crippen LogP contribution in [0.25, 0.3) is 0 Å². The van der Waals surface area contributed by atoms with E-state index in [-0.39, 0.29) is 12.5 Å². The highest BCUT2D eigenvalue weighted by Gasteiger charge is 2.03. The minimum absolute atomic E-state index is 0.0400. The lowest BCUT2D eigenvalue weighted by molar-refractivity contribution is -0.119. The first-order valence-corrected chi connectivity index (χ1v) is 7.36. The molecule has 0 aliphatic heterocycles. The predicted molar refractivity (Wildman–Crippen MR) is 84.2 cm³/mol. The van der Waals surface area contributed by atoms with Crippen LogP contribution in [0.15, 0.2) is 29.6 Å². The number of methoxy groups -OCH3 is 1. The van der Waals surface area contributed by atoms with Gasteiger partial charge in [-0.2, -0.15) is 0 Å². The van der Waals surface area contributed by atoms with E-state index in [1.54, 1.807) is 14.2 Å². The lowest BCUT2D eigenvalue weighted by Gasteiger charge is -2.04. The predicted octanol–water partition coefficient (Wildman–Crippen LogP) is 1.73. The van der Waals surface area contributed by atoms with Crippen LogP contribution in [0.2, 0.25) is 0 Å². The Labute approximate surface area is 127 Å². The van der Waals surface area contributed by atoms with Gasteiger partial charge < -0.3 is 20.7 Å². The first-order valence-electron chi connectivity index (χ1n) is 6.48. The maximum absolute atomic E-state index is 11.1. The average Bonchev–Trinajstić information content (AvgIpc) is 2.95. The van der Waals surface area contributed by atoms with Crippen LogP contribution in [-0.4, -0.2) is 31.6 Å². The van der Waals surface area contributed by atoms with Gasteiger partial charge in [-0.15, -0.1) is 11.3 Å². The van der Waals surface area contributed by atoms with Gasteiger partial charge in [0.05, 0.1) is 19.3 Å². The van der Waals surface area contributed by atoms with E-state index in [2.05, 4.69) is 20.9 Å². The topological polar surface area (TPSA) is 75.3 Å². The van der Waals surface area contributed by atoms with Crippen molar-refractivity contribution in [3.63, 3.8) is 0 Å². The third-order valence-corrected chi connectivity index (χ3v) is 3.57. The van der Waals surface area contributed by atoms with Gasteiger partial charge in [0, 0.05) is 24.7 Å². The summed E-state index contributed by atoms with van der Waals surface area (Å²) in [4.78, 5) is 15.5. The third kappa shape index (κ3) is 4.73. The summed E-state index contributed by atoms with van der Waals surface area (Å²) in [5.74, 6) is 0.778. The molecule has 0 unspecified atom stereocenters. The van der Waals surface area contributed by atoms with Crippen molar-refractivity contribution in [1.82, 2.24) is 15.6 Å². The van der Waals surface area contributed by atoms with Crippen molar-refractivity contribution in [2.45, 2.75) is 6.54 Å². The number of hydrogen-bond acceptors (Lipinski definition) is 6. The summed E-state index contributed by atoms with van der Waals surface area (Å²) in [6.45, 7) is 0.851. The Balaban J connectivity index is 1.85. The van der Waals surface area contributed by atoms with Gasteiger partial charge in [0.15, 0.2) is 5.13 Å². The van der Waals surface area contributed by atoms with Crippen molar-refractivity contribution < 1.29 is 9.53 Å². The Hall–Kier alpha value is -2.12. The van der Waals surface area contributed by atoms with Crippen molar-refractivity contribution in [2.75, 3.05) is 26.0 Å². The SMILES string of the molecule is CNC(=O)CNCc1csc(Nc2ccc(OC)cc2)n1. The number of amides is 1. The van der Waals surface area contributed by atoms with Gasteiger partial charge in [-0.3, -0.25) is 4.79 Å². The average molecular weight is 306 g/mol. The molecule has 112 valence electrons. The molecule has 3 N–H and O–H groups in total. The molecule has 0 aliphatic carbocycles. The van der Waals surface area contributed by atoms with E-state index in [4.69, 9.17) is 4.74 Å². The zero-order chi connectivity index (χ0) is 15.1. The minimum atomic E-state index is -0.0400. The molecule has 6 nitrogen and oxygen atoms in total. The quantitative estimate of drug-likeness (QED) is 0.726. The molecule has 0 saturated carbocycles. The largest absolute Gasteiger partial charge is 0.497 e. The number of nitrogens with zero attached hydrogens (tertiary/aromatic N) is 1. The molecular formula is C14H18N4O2S. The molecule has 2 aromatic rings. The lowest BCUT2D eigenvalue weighted by atomic mass is 10.3. The molecule has 0 spiro atoms. The van der Waals surface area contributed by atoms with Gasteiger partial charge in [0.2, 0.25) is 5.91 Å². The first kappa shape index (κ1) is 15.3. The van der Waals surface area contributed by atoms with Crippen molar-refractivity contribution in [2.24, 2.45) is 0 Å². The number of ether oxygens (including phenoxy) is 1. The number of likely N-dealkylation sites (N-methyl/N-ethyl adjacent to an activating group) is 1. The number of carbonyl (C=O) groups is 1. The Morgan fingerprint density at radius 2 is 2.10 bits per heavy atom. The first-order chi connectivity index (χ1) is 10.2. The number of rotatable bonds is 7. The summed E-state index contributed by atoms with van der Waals surface area (Å²) in [7, 11) is 3.26. The van der Waals surface area contributed by atoms with E-state index in [0.717, 1.165) is 22.3 Å². The van der Waals surface area contributed by atoms with E-state index < -0.39 is 0 Å². The zero-order valence-electron chi connectivity index (χ0n) is 12.0. The highest BCUT2D eigenvalue weighted by Crippen LogP contribution is 2.22. The van der Waals surface area contributed by atoms with Crippen LogP contribution in [0.3, 0.4) is 0 Å². The summed E-state index contributed by atoms with van der Waals surface area (Å²) < 4.78 is 5.11. The summed E-state index contributed by atoms with van der Waals surface area (Å²) in [6.07, 6.45) is 0. The summed E-state index contributed by atoms with van der Waals surface area (Å²) in [6, 6.07) is 7.65. The number of hydrogen-bond donors (Lipinski definition) is 3. The fourth-order valence-corrected chi connectivity index (χ4v) is 2.37. The maximum atomic E-state index is 11.1. The molecule has 0 atom stereocenters. The van der Waals surface area contributed by atoms with Crippen LogP contribution in [0.1, 0.15) is 5.69 Å². The van der Waals surface area contributed by atoms with Crippen molar-refractivity contribution >= 4 is 28.1 Å². The molecule has 0 aliphatic rings. The second-order valence-electron chi connectivity index (χ2n) is 4.27. The standard InChI is InChI=1S/C14H18N4O2S/c1-15-13(19)8-16-7-11-9-21-14(18-11)17-10-3-5-12(20-2)6-4-10/h3-6,9,16H,7-8H2,1-2H3,(H,15,19)(H,17,18). The highest BCUT2D eigenvalue weighted by atomic mass is 32.1. The third-order valence-electron chi connectivity index (χ3n) is 2.76. The monoisotopic (exact) mass is 306 g/mol. The van der Waals surface area contributed by atoms with E-state index in [1.165, 1.54) is 11.3 Å². The number of nitrogens with one attached hydrogen (secondary N) is 3. The van der Waals surface area contributed by atoms with Crippen LogP contribution in [0, 0.1) is 0 Å². The van der Waals surface area contributed by atoms with Crippen molar-refractivity contribution in [3.05, 3.63) is 35.3 Å². The minimum Gasteiger partial charge on any atom is -0.497 e. The van der Waals surface area contributed by atoms with Gasteiger partial charge in [-0.1, -0.05) is 0 Å². The lowest BCUT2D eigenvalue weighted by Crippen LogP contribution is -2.31. The smallest absolute Gasteiger partial charge is 0.233 e. The molecule has 0 bridgehead atoms. The van der Waals surface area contributed by atoms with Gasteiger partial charge >= 0.3 is 0 Å². The summed E-state index contributed by atoms with van der Waals surface area (Å²) in [5.41, 5.74) is 1.86. The molecule has 1 aromatic carbocycles. The Bertz CT molecular complexity index is 583.